The van der Waals surface area contributed by atoms with Crippen molar-refractivity contribution in [3.63, 3.8) is 0 Å². The molecular formula is C14H13NO5S. The Morgan fingerprint density at radius 2 is 2.05 bits per heavy atom. The quantitative estimate of drug-likeness (QED) is 0.732. The van der Waals surface area contributed by atoms with Crippen LogP contribution < -0.4 is 10.5 Å². The zero-order valence-corrected chi connectivity index (χ0v) is 11.9. The average molecular weight is 307 g/mol. The molecule has 0 bridgehead atoms. The molecule has 0 radical (unpaired) electrons. The highest BCUT2D eigenvalue weighted by molar-refractivity contribution is 7.18. The van der Waals surface area contributed by atoms with Gasteiger partial charge >= 0.3 is 11.9 Å². The molecular weight excluding hydrogens is 294 g/mol. The Kier molecular flexibility index (Phi) is 4.13. The molecule has 1 aromatic carbocycles. The number of hydrogen-bond donors (Lipinski definition) is 3. The highest BCUT2D eigenvalue weighted by Crippen LogP contribution is 2.41. The van der Waals surface area contributed by atoms with Gasteiger partial charge in [-0.25, -0.2) is 9.59 Å². The Hall–Kier alpha value is -2.54. The normalized spacial score (nSPS) is 10.3. The van der Waals surface area contributed by atoms with E-state index in [1.54, 1.807) is 25.1 Å². The minimum Gasteiger partial charge on any atom is -0.480 e. The van der Waals surface area contributed by atoms with E-state index in [2.05, 4.69) is 0 Å². The number of rotatable bonds is 5. The van der Waals surface area contributed by atoms with Crippen molar-refractivity contribution in [3.8, 4) is 16.2 Å². The third kappa shape index (κ3) is 3.14. The van der Waals surface area contributed by atoms with Crippen molar-refractivity contribution in [1.29, 1.82) is 0 Å². The molecule has 0 aliphatic heterocycles. The summed E-state index contributed by atoms with van der Waals surface area (Å²) in [6.07, 6.45) is 0. The van der Waals surface area contributed by atoms with Gasteiger partial charge in [-0.05, 0) is 24.6 Å². The first-order valence-electron chi connectivity index (χ1n) is 5.97. The number of nitrogen functional groups attached to an aromatic ring is 1. The van der Waals surface area contributed by atoms with Crippen molar-refractivity contribution in [1.82, 2.24) is 0 Å². The molecule has 2 rings (SSSR count). The van der Waals surface area contributed by atoms with Gasteiger partial charge in [0.1, 0.15) is 5.75 Å². The average Bonchev–Trinajstić information content (AvgIpc) is 2.73. The molecule has 110 valence electrons. The van der Waals surface area contributed by atoms with Crippen LogP contribution in [0.5, 0.6) is 5.75 Å². The van der Waals surface area contributed by atoms with Crippen LogP contribution >= 0.6 is 11.3 Å². The van der Waals surface area contributed by atoms with Crippen LogP contribution in [-0.2, 0) is 4.79 Å². The topological polar surface area (TPSA) is 110 Å². The molecule has 0 aliphatic rings. The van der Waals surface area contributed by atoms with E-state index >= 15 is 0 Å². The number of anilines is 1. The maximum atomic E-state index is 11.3. The second kappa shape index (κ2) is 5.84. The lowest BCUT2D eigenvalue weighted by Crippen LogP contribution is -2.11. The zero-order valence-electron chi connectivity index (χ0n) is 11.1. The van der Waals surface area contributed by atoms with Crippen LogP contribution in [0.4, 0.5) is 5.69 Å². The summed E-state index contributed by atoms with van der Waals surface area (Å²) in [6, 6.07) is 7.03. The molecule has 0 unspecified atom stereocenters. The molecule has 21 heavy (non-hydrogen) atoms. The largest absolute Gasteiger partial charge is 0.480 e. The lowest BCUT2D eigenvalue weighted by molar-refractivity contribution is -0.139. The maximum absolute atomic E-state index is 11.3. The maximum Gasteiger partial charge on any atom is 0.349 e. The standard InChI is InChI=1S/C14H13NO5S/c1-7-11(20-6-10(16)17)13(14(18)19)21-12(7)8-3-2-4-9(15)5-8/h2-5H,6,15H2,1H3,(H,16,17)(H,18,19). The molecule has 0 aliphatic carbocycles. The lowest BCUT2D eigenvalue weighted by atomic mass is 10.1. The number of benzene rings is 1. The van der Waals surface area contributed by atoms with E-state index in [9.17, 15) is 14.7 Å². The second-order valence-corrected chi connectivity index (χ2v) is 5.35. The number of ether oxygens (including phenoxy) is 1. The summed E-state index contributed by atoms with van der Waals surface area (Å²) in [7, 11) is 0. The van der Waals surface area contributed by atoms with Gasteiger partial charge in [-0.15, -0.1) is 11.3 Å². The van der Waals surface area contributed by atoms with Crippen LogP contribution in [0.3, 0.4) is 0 Å². The van der Waals surface area contributed by atoms with Crippen molar-refractivity contribution in [2.24, 2.45) is 0 Å². The van der Waals surface area contributed by atoms with E-state index in [0.717, 1.165) is 16.9 Å². The molecule has 4 N–H and O–H groups in total. The number of aromatic carboxylic acids is 1. The van der Waals surface area contributed by atoms with Gasteiger partial charge in [0.2, 0.25) is 0 Å². The predicted octanol–water partition coefficient (Wildman–Crippen LogP) is 2.47. The first-order chi connectivity index (χ1) is 9.90. The Morgan fingerprint density at radius 3 is 2.62 bits per heavy atom. The minimum atomic E-state index is -1.16. The summed E-state index contributed by atoms with van der Waals surface area (Å²) in [5.74, 6) is -2.23. The number of hydrogen-bond acceptors (Lipinski definition) is 5. The third-order valence-corrected chi connectivity index (χ3v) is 4.08. The number of aliphatic carboxylic acids is 1. The fourth-order valence-corrected chi connectivity index (χ4v) is 2.99. The van der Waals surface area contributed by atoms with Gasteiger partial charge in [-0.2, -0.15) is 0 Å². The number of nitrogens with two attached hydrogens (primary N) is 1. The monoisotopic (exact) mass is 307 g/mol. The van der Waals surface area contributed by atoms with Crippen molar-refractivity contribution in [2.45, 2.75) is 6.92 Å². The van der Waals surface area contributed by atoms with Crippen LogP contribution in [0.2, 0.25) is 0 Å². The summed E-state index contributed by atoms with van der Waals surface area (Å²) < 4.78 is 5.12. The van der Waals surface area contributed by atoms with E-state index < -0.39 is 18.5 Å². The zero-order chi connectivity index (χ0) is 15.6. The number of thiophene rings is 1. The van der Waals surface area contributed by atoms with E-state index in [-0.39, 0.29) is 10.6 Å². The van der Waals surface area contributed by atoms with Gasteiger partial charge < -0.3 is 20.7 Å². The SMILES string of the molecule is Cc1c(-c2cccc(N)c2)sc(C(=O)O)c1OCC(=O)O. The highest BCUT2D eigenvalue weighted by atomic mass is 32.1. The van der Waals surface area contributed by atoms with Crippen LogP contribution in [0.1, 0.15) is 15.2 Å². The molecule has 0 fully saturated rings. The summed E-state index contributed by atoms with van der Waals surface area (Å²) in [5, 5.41) is 17.9. The molecule has 1 aromatic heterocycles. The molecule has 0 amide bonds. The van der Waals surface area contributed by atoms with E-state index in [4.69, 9.17) is 15.6 Å². The number of carboxylic acids is 2. The molecule has 6 nitrogen and oxygen atoms in total. The van der Waals surface area contributed by atoms with Crippen LogP contribution in [0.25, 0.3) is 10.4 Å². The van der Waals surface area contributed by atoms with Crippen LogP contribution in [0, 0.1) is 6.92 Å². The van der Waals surface area contributed by atoms with Gasteiger partial charge in [0, 0.05) is 16.1 Å². The van der Waals surface area contributed by atoms with E-state index in [1.807, 2.05) is 6.07 Å². The van der Waals surface area contributed by atoms with E-state index in [1.165, 1.54) is 0 Å². The van der Waals surface area contributed by atoms with E-state index in [0.29, 0.717) is 16.1 Å². The Bertz CT molecular complexity index is 707. The van der Waals surface area contributed by atoms with Gasteiger partial charge in [0.05, 0.1) is 0 Å². The Balaban J connectivity index is 2.51. The summed E-state index contributed by atoms with van der Waals surface area (Å²) >= 11 is 1.03. The molecule has 2 aromatic rings. The van der Waals surface area contributed by atoms with Gasteiger partial charge in [-0.1, -0.05) is 12.1 Å². The van der Waals surface area contributed by atoms with Crippen molar-refractivity contribution < 1.29 is 24.5 Å². The first-order valence-corrected chi connectivity index (χ1v) is 6.79. The highest BCUT2D eigenvalue weighted by Gasteiger charge is 2.23. The summed E-state index contributed by atoms with van der Waals surface area (Å²) in [5.41, 5.74) is 7.64. The van der Waals surface area contributed by atoms with Crippen molar-refractivity contribution in [3.05, 3.63) is 34.7 Å². The van der Waals surface area contributed by atoms with Crippen molar-refractivity contribution >= 4 is 29.0 Å². The molecule has 7 heteroatoms. The lowest BCUT2D eigenvalue weighted by Gasteiger charge is -2.05. The fourth-order valence-electron chi connectivity index (χ4n) is 1.90. The smallest absolute Gasteiger partial charge is 0.349 e. The minimum absolute atomic E-state index is 0.0221. The Labute approximate surface area is 124 Å². The number of carboxylic acid groups (broad SMARTS) is 2. The number of carbonyl (C=O) groups is 2. The van der Waals surface area contributed by atoms with Crippen molar-refractivity contribution in [2.75, 3.05) is 12.3 Å². The van der Waals surface area contributed by atoms with Gasteiger partial charge in [0.15, 0.2) is 11.5 Å². The summed E-state index contributed by atoms with van der Waals surface area (Å²) in [6.45, 7) is 1.10. The summed E-state index contributed by atoms with van der Waals surface area (Å²) in [4.78, 5) is 22.6. The van der Waals surface area contributed by atoms with Gasteiger partial charge in [-0.3, -0.25) is 0 Å². The fraction of sp³-hybridized carbons (Fsp3) is 0.143. The third-order valence-electron chi connectivity index (χ3n) is 2.77. The molecule has 1 heterocycles. The molecule has 0 spiro atoms. The van der Waals surface area contributed by atoms with Crippen LogP contribution in [0.15, 0.2) is 24.3 Å². The van der Waals surface area contributed by atoms with Gasteiger partial charge in [0.25, 0.3) is 0 Å². The first kappa shape index (κ1) is 14.9. The molecule has 0 saturated heterocycles. The Morgan fingerprint density at radius 1 is 1.33 bits per heavy atom. The molecule has 0 saturated carbocycles. The molecule has 0 atom stereocenters. The second-order valence-electron chi connectivity index (χ2n) is 4.33. The van der Waals surface area contributed by atoms with Crippen LogP contribution in [-0.4, -0.2) is 28.8 Å². The predicted molar refractivity (Wildman–Crippen MR) is 79.0 cm³/mol.